The van der Waals surface area contributed by atoms with Crippen LogP contribution in [0.25, 0.3) is 0 Å². The van der Waals surface area contributed by atoms with Crippen molar-refractivity contribution < 1.29 is 19.1 Å². The van der Waals surface area contributed by atoms with Crippen LogP contribution in [0.5, 0.6) is 11.5 Å². The summed E-state index contributed by atoms with van der Waals surface area (Å²) in [6.07, 6.45) is 4.28. The molecule has 0 aromatic heterocycles. The molecule has 1 heterocycles. The first-order valence-corrected chi connectivity index (χ1v) is 12.2. The van der Waals surface area contributed by atoms with Crippen molar-refractivity contribution in [1.82, 2.24) is 4.90 Å². The number of rotatable bonds is 6. The lowest BCUT2D eigenvalue weighted by Gasteiger charge is -2.47. The van der Waals surface area contributed by atoms with E-state index in [-0.39, 0.29) is 28.3 Å². The number of hydrogen-bond acceptors (Lipinski definition) is 5. The van der Waals surface area contributed by atoms with Gasteiger partial charge in [0.05, 0.1) is 6.61 Å². The predicted molar refractivity (Wildman–Crippen MR) is 134 cm³/mol. The minimum atomic E-state index is -0.374. The summed E-state index contributed by atoms with van der Waals surface area (Å²) in [5.41, 5.74) is 4.34. The Kier molecular flexibility index (Phi) is 6.26. The van der Waals surface area contributed by atoms with Crippen LogP contribution in [0.3, 0.4) is 0 Å². The van der Waals surface area contributed by atoms with Crippen molar-refractivity contribution in [2.75, 3.05) is 20.3 Å². The molecule has 0 fully saturated rings. The van der Waals surface area contributed by atoms with E-state index < -0.39 is 0 Å². The first kappa shape index (κ1) is 24.3. The molecule has 0 amide bonds. The third kappa shape index (κ3) is 4.33. The molecule has 5 heteroatoms. The average Bonchev–Trinajstić information content (AvgIpc) is 2.73. The molecule has 0 spiro atoms. The van der Waals surface area contributed by atoms with Crippen molar-refractivity contribution >= 4 is 11.6 Å². The highest BCUT2D eigenvalue weighted by molar-refractivity contribution is 6.06. The molecule has 0 radical (unpaired) electrons. The van der Waals surface area contributed by atoms with Crippen molar-refractivity contribution in [3.63, 3.8) is 0 Å². The smallest absolute Gasteiger partial charge is 0.162 e. The van der Waals surface area contributed by atoms with E-state index in [9.17, 15) is 9.59 Å². The lowest BCUT2D eigenvalue weighted by Crippen LogP contribution is -2.43. The number of ether oxygens (including phenoxy) is 2. The van der Waals surface area contributed by atoms with Crippen molar-refractivity contribution in [1.29, 1.82) is 0 Å². The normalized spacial score (nSPS) is 21.9. The zero-order valence-electron chi connectivity index (χ0n) is 21.4. The molecule has 1 aromatic carbocycles. The fourth-order valence-corrected chi connectivity index (χ4v) is 5.74. The first-order valence-electron chi connectivity index (χ1n) is 12.2. The Morgan fingerprint density at radius 1 is 0.941 bits per heavy atom. The summed E-state index contributed by atoms with van der Waals surface area (Å²) in [4.78, 5) is 29.4. The van der Waals surface area contributed by atoms with E-state index in [2.05, 4.69) is 39.2 Å². The van der Waals surface area contributed by atoms with Crippen molar-refractivity contribution in [2.45, 2.75) is 66.2 Å². The van der Waals surface area contributed by atoms with Crippen molar-refractivity contribution in [3.05, 3.63) is 59.0 Å². The summed E-state index contributed by atoms with van der Waals surface area (Å²) in [6, 6.07) is 5.82. The molecule has 0 unspecified atom stereocenters. The standard InChI is InChI=1S/C29H37NO4/c1-8-12-34-23-11-10-18(13-24(23)33-9-2)25-26-19(14-28(3,4)16-21(26)31)30(7)20-15-29(5,6)17-22(32)27(20)25/h8,10-11,13,25H,1,9,12,14-17H2,2-7H3. The molecule has 4 rings (SSSR count). The highest BCUT2D eigenvalue weighted by Crippen LogP contribution is 2.54. The molecule has 0 bridgehead atoms. The number of carbonyl (C=O) groups excluding carboxylic acids is 2. The number of ketones is 2. The fourth-order valence-electron chi connectivity index (χ4n) is 5.74. The molecule has 0 saturated carbocycles. The van der Waals surface area contributed by atoms with Crippen LogP contribution in [-0.2, 0) is 9.59 Å². The largest absolute Gasteiger partial charge is 0.490 e. The summed E-state index contributed by atoms with van der Waals surface area (Å²) in [6.45, 7) is 15.1. The monoisotopic (exact) mass is 463 g/mol. The van der Waals surface area contributed by atoms with Gasteiger partial charge in [0.2, 0.25) is 0 Å². The second-order valence-corrected chi connectivity index (χ2v) is 11.3. The van der Waals surface area contributed by atoms with Gasteiger partial charge in [-0.25, -0.2) is 0 Å². The molecule has 5 nitrogen and oxygen atoms in total. The minimum Gasteiger partial charge on any atom is -0.490 e. The average molecular weight is 464 g/mol. The van der Waals surface area contributed by atoms with Gasteiger partial charge in [-0.2, -0.15) is 0 Å². The van der Waals surface area contributed by atoms with Gasteiger partial charge in [0.25, 0.3) is 0 Å². The Hall–Kier alpha value is -2.82. The molecule has 1 aromatic rings. The number of Topliss-reactive ketones (excluding diaryl/α,β-unsaturated/α-hetero) is 2. The summed E-state index contributed by atoms with van der Waals surface area (Å²) in [7, 11) is 2.03. The lowest BCUT2D eigenvalue weighted by atomic mass is 9.64. The Labute approximate surface area is 203 Å². The van der Waals surface area contributed by atoms with E-state index >= 15 is 0 Å². The van der Waals surface area contributed by atoms with E-state index in [4.69, 9.17) is 9.47 Å². The van der Waals surface area contributed by atoms with E-state index in [0.717, 1.165) is 40.9 Å². The Bertz CT molecular complexity index is 1050. The highest BCUT2D eigenvalue weighted by Gasteiger charge is 2.48. The third-order valence-electron chi connectivity index (χ3n) is 7.14. The molecular formula is C29H37NO4. The van der Waals surface area contributed by atoms with Crippen LogP contribution in [0.2, 0.25) is 0 Å². The van der Waals surface area contributed by atoms with Crippen LogP contribution in [0.4, 0.5) is 0 Å². The first-order chi connectivity index (χ1) is 16.0. The van der Waals surface area contributed by atoms with Crippen LogP contribution in [0, 0.1) is 10.8 Å². The summed E-state index contributed by atoms with van der Waals surface area (Å²) in [5, 5.41) is 0. The van der Waals surface area contributed by atoms with Crippen LogP contribution >= 0.6 is 0 Å². The highest BCUT2D eigenvalue weighted by atomic mass is 16.5. The SMILES string of the molecule is C=CCOc1ccc(C2C3=C(CC(C)(C)CC3=O)N(C)C3=C2C(=O)CC(C)(C)C3)cc1OCC. The molecule has 3 aliphatic rings. The van der Waals surface area contributed by atoms with Gasteiger partial charge in [-0.15, -0.1) is 0 Å². The van der Waals surface area contributed by atoms with Crippen LogP contribution in [0.15, 0.2) is 53.4 Å². The van der Waals surface area contributed by atoms with Crippen LogP contribution in [-0.4, -0.2) is 36.7 Å². The maximum atomic E-state index is 13.6. The molecule has 2 aliphatic carbocycles. The van der Waals surface area contributed by atoms with Gasteiger partial charge in [-0.05, 0) is 48.3 Å². The lowest BCUT2D eigenvalue weighted by molar-refractivity contribution is -0.119. The number of allylic oxidation sites excluding steroid dienone is 4. The second-order valence-electron chi connectivity index (χ2n) is 11.3. The summed E-state index contributed by atoms with van der Waals surface area (Å²) < 4.78 is 11.7. The predicted octanol–water partition coefficient (Wildman–Crippen LogP) is 5.97. The fraction of sp³-hybridized carbons (Fsp3) is 0.517. The zero-order valence-corrected chi connectivity index (χ0v) is 21.4. The van der Waals surface area contributed by atoms with Gasteiger partial charge < -0.3 is 14.4 Å². The van der Waals surface area contributed by atoms with Gasteiger partial charge in [0.1, 0.15) is 6.61 Å². The van der Waals surface area contributed by atoms with Gasteiger partial charge in [0, 0.05) is 48.3 Å². The molecule has 0 saturated heterocycles. The molecule has 0 N–H and O–H groups in total. The topological polar surface area (TPSA) is 55.8 Å². The van der Waals surface area contributed by atoms with Crippen molar-refractivity contribution in [3.8, 4) is 11.5 Å². The number of hydrogen-bond donors (Lipinski definition) is 0. The molecule has 34 heavy (non-hydrogen) atoms. The van der Waals surface area contributed by atoms with Gasteiger partial charge in [0.15, 0.2) is 23.1 Å². The van der Waals surface area contributed by atoms with Crippen molar-refractivity contribution in [2.24, 2.45) is 10.8 Å². The molecule has 0 atom stereocenters. The quantitative estimate of drug-likeness (QED) is 0.487. The Morgan fingerprint density at radius 2 is 1.50 bits per heavy atom. The second kappa shape index (κ2) is 8.75. The minimum absolute atomic E-state index is 0.111. The van der Waals surface area contributed by atoms with Gasteiger partial charge in [-0.3, -0.25) is 9.59 Å². The number of nitrogens with zero attached hydrogens (tertiary/aromatic N) is 1. The Morgan fingerprint density at radius 3 is 2.00 bits per heavy atom. The van der Waals surface area contributed by atoms with E-state index in [1.165, 1.54) is 0 Å². The van der Waals surface area contributed by atoms with Crippen LogP contribution in [0.1, 0.15) is 71.8 Å². The summed E-state index contributed by atoms with van der Waals surface area (Å²) in [5.74, 6) is 1.15. The number of carbonyl (C=O) groups is 2. The van der Waals surface area contributed by atoms with Gasteiger partial charge in [-0.1, -0.05) is 46.4 Å². The summed E-state index contributed by atoms with van der Waals surface area (Å²) >= 11 is 0. The maximum absolute atomic E-state index is 13.6. The number of benzene rings is 1. The Balaban J connectivity index is 1.92. The van der Waals surface area contributed by atoms with Crippen LogP contribution < -0.4 is 9.47 Å². The molecule has 182 valence electrons. The third-order valence-corrected chi connectivity index (χ3v) is 7.14. The maximum Gasteiger partial charge on any atom is 0.162 e. The van der Waals surface area contributed by atoms with E-state index in [1.807, 2.05) is 32.2 Å². The zero-order chi connectivity index (χ0) is 24.8. The van der Waals surface area contributed by atoms with E-state index in [1.54, 1.807) is 6.08 Å². The molecule has 1 aliphatic heterocycles. The van der Waals surface area contributed by atoms with E-state index in [0.29, 0.717) is 37.6 Å². The van der Waals surface area contributed by atoms with Gasteiger partial charge >= 0.3 is 0 Å². The molecular weight excluding hydrogens is 426 g/mol.